The van der Waals surface area contributed by atoms with Gasteiger partial charge >= 0.3 is 12.1 Å². The highest BCUT2D eigenvalue weighted by molar-refractivity contribution is 5.85. The summed E-state index contributed by atoms with van der Waals surface area (Å²) in [4.78, 5) is 35.3. The van der Waals surface area contributed by atoms with Crippen molar-refractivity contribution in [3.05, 3.63) is 17.5 Å². The number of hydrogen-bond acceptors (Lipinski definition) is 6. The molecule has 1 N–H and O–H groups in total. The SMILES string of the molecule is Cc1cc(C(=O)O)nc(N2CCCN(C(=O)OC(C)(C)C)CC2)n1. The third-order valence-electron chi connectivity index (χ3n) is 3.49. The van der Waals surface area contributed by atoms with Gasteiger partial charge < -0.3 is 19.6 Å². The number of hydrogen-bond donors (Lipinski definition) is 1. The molecular weight excluding hydrogens is 312 g/mol. The number of ether oxygens (including phenoxy) is 1. The number of rotatable bonds is 2. The van der Waals surface area contributed by atoms with Crippen molar-refractivity contribution in [1.29, 1.82) is 0 Å². The van der Waals surface area contributed by atoms with Gasteiger partial charge in [0.1, 0.15) is 5.60 Å². The van der Waals surface area contributed by atoms with Crippen molar-refractivity contribution < 1.29 is 19.4 Å². The molecule has 0 saturated carbocycles. The summed E-state index contributed by atoms with van der Waals surface area (Å²) in [7, 11) is 0. The van der Waals surface area contributed by atoms with Gasteiger partial charge in [-0.15, -0.1) is 0 Å². The Hall–Kier alpha value is -2.38. The van der Waals surface area contributed by atoms with Gasteiger partial charge in [-0.25, -0.2) is 19.6 Å². The van der Waals surface area contributed by atoms with Crippen molar-refractivity contribution >= 4 is 18.0 Å². The molecule has 0 aromatic carbocycles. The monoisotopic (exact) mass is 336 g/mol. The molecule has 0 unspecified atom stereocenters. The molecule has 0 bridgehead atoms. The first kappa shape index (κ1) is 18.0. The number of carbonyl (C=O) groups is 2. The summed E-state index contributed by atoms with van der Waals surface area (Å²) >= 11 is 0. The first-order valence-electron chi connectivity index (χ1n) is 7.97. The molecule has 1 aromatic heterocycles. The number of aryl methyl sites for hydroxylation is 1. The van der Waals surface area contributed by atoms with Crippen molar-refractivity contribution in [3.63, 3.8) is 0 Å². The lowest BCUT2D eigenvalue weighted by Crippen LogP contribution is -2.39. The van der Waals surface area contributed by atoms with Crippen LogP contribution in [0.5, 0.6) is 0 Å². The highest BCUT2D eigenvalue weighted by atomic mass is 16.6. The van der Waals surface area contributed by atoms with Crippen molar-refractivity contribution in [2.45, 2.75) is 39.7 Å². The number of amides is 1. The normalized spacial score (nSPS) is 15.8. The lowest BCUT2D eigenvalue weighted by molar-refractivity contribution is 0.0263. The topological polar surface area (TPSA) is 95.9 Å². The van der Waals surface area contributed by atoms with Gasteiger partial charge in [0.15, 0.2) is 5.69 Å². The van der Waals surface area contributed by atoms with Gasteiger partial charge in [-0.2, -0.15) is 0 Å². The average molecular weight is 336 g/mol. The largest absolute Gasteiger partial charge is 0.477 e. The maximum Gasteiger partial charge on any atom is 0.410 e. The van der Waals surface area contributed by atoms with E-state index in [9.17, 15) is 9.59 Å². The Labute approximate surface area is 141 Å². The minimum Gasteiger partial charge on any atom is -0.477 e. The summed E-state index contributed by atoms with van der Waals surface area (Å²) in [5, 5.41) is 9.13. The molecule has 132 valence electrons. The lowest BCUT2D eigenvalue weighted by atomic mass is 10.2. The number of carboxylic acids is 1. The summed E-state index contributed by atoms with van der Waals surface area (Å²) in [5.41, 5.74) is 0.0513. The molecule has 1 aliphatic rings. The van der Waals surface area contributed by atoms with E-state index >= 15 is 0 Å². The standard InChI is InChI=1S/C16H24N4O4/c1-11-10-12(13(21)22)18-14(17-11)19-6-5-7-20(9-8-19)15(23)24-16(2,3)4/h10H,5-9H2,1-4H3,(H,21,22). The predicted molar refractivity (Wildman–Crippen MR) is 88.4 cm³/mol. The highest BCUT2D eigenvalue weighted by Crippen LogP contribution is 2.16. The molecule has 0 aliphatic carbocycles. The van der Waals surface area contributed by atoms with E-state index in [1.54, 1.807) is 11.8 Å². The van der Waals surface area contributed by atoms with Gasteiger partial charge in [0.25, 0.3) is 0 Å². The molecule has 0 spiro atoms. The highest BCUT2D eigenvalue weighted by Gasteiger charge is 2.25. The van der Waals surface area contributed by atoms with Crippen LogP contribution < -0.4 is 4.90 Å². The average Bonchev–Trinajstić information content (AvgIpc) is 2.70. The van der Waals surface area contributed by atoms with Crippen LogP contribution in [0.4, 0.5) is 10.7 Å². The lowest BCUT2D eigenvalue weighted by Gasteiger charge is -2.26. The molecule has 1 aromatic rings. The van der Waals surface area contributed by atoms with E-state index in [0.29, 0.717) is 37.8 Å². The summed E-state index contributed by atoms with van der Waals surface area (Å²) in [5.74, 6) is -0.689. The van der Waals surface area contributed by atoms with E-state index in [-0.39, 0.29) is 11.8 Å². The maximum atomic E-state index is 12.2. The first-order valence-corrected chi connectivity index (χ1v) is 7.97. The van der Waals surface area contributed by atoms with Gasteiger partial charge in [-0.3, -0.25) is 0 Å². The van der Waals surface area contributed by atoms with Crippen LogP contribution in [0, 0.1) is 6.92 Å². The molecule has 0 radical (unpaired) electrons. The second-order valence-electron chi connectivity index (χ2n) is 6.81. The predicted octanol–water partition coefficient (Wildman–Crippen LogP) is 1.93. The molecule has 1 fully saturated rings. The quantitative estimate of drug-likeness (QED) is 0.881. The Bertz CT molecular complexity index is 627. The fraction of sp³-hybridized carbons (Fsp3) is 0.625. The van der Waals surface area contributed by atoms with Crippen LogP contribution in [0.15, 0.2) is 6.07 Å². The van der Waals surface area contributed by atoms with Crippen LogP contribution in [0.25, 0.3) is 0 Å². The van der Waals surface area contributed by atoms with E-state index in [2.05, 4.69) is 9.97 Å². The van der Waals surface area contributed by atoms with Crippen LogP contribution in [0.3, 0.4) is 0 Å². The molecule has 2 heterocycles. The van der Waals surface area contributed by atoms with Crippen molar-refractivity contribution in [2.24, 2.45) is 0 Å². The first-order chi connectivity index (χ1) is 11.2. The van der Waals surface area contributed by atoms with Crippen LogP contribution >= 0.6 is 0 Å². The summed E-state index contributed by atoms with van der Waals surface area (Å²) in [6.07, 6.45) is 0.402. The third-order valence-corrected chi connectivity index (χ3v) is 3.49. The van der Waals surface area contributed by atoms with E-state index in [0.717, 1.165) is 6.42 Å². The Balaban J connectivity index is 2.08. The second kappa shape index (κ2) is 7.02. The van der Waals surface area contributed by atoms with Crippen molar-refractivity contribution in [2.75, 3.05) is 31.1 Å². The summed E-state index contributed by atoms with van der Waals surface area (Å²) in [6, 6.07) is 1.44. The number of carbonyl (C=O) groups excluding carboxylic acids is 1. The van der Waals surface area contributed by atoms with E-state index in [4.69, 9.17) is 9.84 Å². The Morgan fingerprint density at radius 2 is 1.88 bits per heavy atom. The summed E-state index contributed by atoms with van der Waals surface area (Å²) < 4.78 is 5.40. The molecule has 1 amide bonds. The smallest absolute Gasteiger partial charge is 0.410 e. The van der Waals surface area contributed by atoms with Gasteiger partial charge in [0, 0.05) is 31.9 Å². The van der Waals surface area contributed by atoms with Crippen LogP contribution in [0.2, 0.25) is 0 Å². The number of aromatic nitrogens is 2. The van der Waals surface area contributed by atoms with Crippen LogP contribution in [-0.4, -0.2) is 63.8 Å². The molecule has 2 rings (SSSR count). The van der Waals surface area contributed by atoms with Gasteiger partial charge in [0.2, 0.25) is 5.95 Å². The number of anilines is 1. The Morgan fingerprint density at radius 3 is 2.50 bits per heavy atom. The molecule has 8 nitrogen and oxygen atoms in total. The van der Waals surface area contributed by atoms with E-state index in [1.807, 2.05) is 25.7 Å². The van der Waals surface area contributed by atoms with Crippen molar-refractivity contribution in [1.82, 2.24) is 14.9 Å². The van der Waals surface area contributed by atoms with Gasteiger partial charge in [0.05, 0.1) is 0 Å². The fourth-order valence-corrected chi connectivity index (χ4v) is 2.43. The third kappa shape index (κ3) is 4.81. The summed E-state index contributed by atoms with van der Waals surface area (Å²) in [6.45, 7) is 9.50. The zero-order valence-corrected chi connectivity index (χ0v) is 14.6. The molecular formula is C16H24N4O4. The number of carboxylic acid groups (broad SMARTS) is 1. The zero-order chi connectivity index (χ0) is 17.9. The minimum absolute atomic E-state index is 0.0225. The van der Waals surface area contributed by atoms with E-state index in [1.165, 1.54) is 6.07 Å². The molecule has 1 aliphatic heterocycles. The molecule has 24 heavy (non-hydrogen) atoms. The second-order valence-corrected chi connectivity index (χ2v) is 6.81. The Kier molecular flexibility index (Phi) is 5.26. The van der Waals surface area contributed by atoms with Crippen LogP contribution in [-0.2, 0) is 4.74 Å². The van der Waals surface area contributed by atoms with Gasteiger partial charge in [-0.1, -0.05) is 0 Å². The Morgan fingerprint density at radius 1 is 1.17 bits per heavy atom. The molecule has 1 saturated heterocycles. The number of aromatic carboxylic acids is 1. The van der Waals surface area contributed by atoms with E-state index < -0.39 is 11.6 Å². The zero-order valence-electron chi connectivity index (χ0n) is 14.6. The van der Waals surface area contributed by atoms with Crippen molar-refractivity contribution in [3.8, 4) is 0 Å². The number of nitrogens with zero attached hydrogens (tertiary/aromatic N) is 4. The molecule has 8 heteroatoms. The van der Waals surface area contributed by atoms with Crippen LogP contribution in [0.1, 0.15) is 43.4 Å². The minimum atomic E-state index is -1.08. The van der Waals surface area contributed by atoms with Gasteiger partial charge in [-0.05, 0) is 40.2 Å². The fourth-order valence-electron chi connectivity index (χ4n) is 2.43. The molecule has 0 atom stereocenters. The maximum absolute atomic E-state index is 12.2.